The van der Waals surface area contributed by atoms with E-state index in [9.17, 15) is 18.0 Å². The smallest absolute Gasteiger partial charge is 0.378 e. The number of hydrogen-bond donors (Lipinski definition) is 1. The Hall–Kier alpha value is -2.58. The molecular weight excluding hydrogens is 419 g/mol. The third kappa shape index (κ3) is 5.42. The Morgan fingerprint density at radius 2 is 1.62 bits per heavy atom. The lowest BCUT2D eigenvalue weighted by Gasteiger charge is -2.34. The molecule has 0 aromatic heterocycles. The Morgan fingerprint density at radius 3 is 2.28 bits per heavy atom. The van der Waals surface area contributed by atoms with Gasteiger partial charge in [0, 0.05) is 50.0 Å². The SMILES string of the molecule is O=C(c1ccc(N2CCC(NCc3ccccc3C(F)(F)F)CC2)cc1)N1CCOCC1. The van der Waals surface area contributed by atoms with Crippen molar-refractivity contribution < 1.29 is 22.7 Å². The Bertz CT molecular complexity index is 903. The van der Waals surface area contributed by atoms with E-state index in [1.54, 1.807) is 6.07 Å². The predicted molar refractivity (Wildman–Crippen MR) is 117 cm³/mol. The second-order valence-electron chi connectivity index (χ2n) is 8.25. The standard InChI is InChI=1S/C24H28F3N3O2/c25-24(26,27)22-4-2-1-3-19(22)17-28-20-9-11-29(12-10-20)21-7-5-18(6-8-21)23(31)30-13-15-32-16-14-30/h1-8,20,28H,9-17H2. The molecule has 8 heteroatoms. The van der Waals surface area contributed by atoms with Crippen LogP contribution in [0.2, 0.25) is 0 Å². The van der Waals surface area contributed by atoms with E-state index in [1.807, 2.05) is 29.2 Å². The van der Waals surface area contributed by atoms with Gasteiger partial charge in [0.1, 0.15) is 0 Å². The molecule has 2 fully saturated rings. The predicted octanol–water partition coefficient (Wildman–Crippen LogP) is 3.94. The molecule has 0 bridgehead atoms. The van der Waals surface area contributed by atoms with Gasteiger partial charge in [-0.1, -0.05) is 18.2 Å². The van der Waals surface area contributed by atoms with Crippen LogP contribution in [-0.4, -0.2) is 56.2 Å². The van der Waals surface area contributed by atoms with E-state index in [4.69, 9.17) is 4.74 Å². The third-order valence-electron chi connectivity index (χ3n) is 6.18. The molecule has 1 amide bonds. The number of hydrogen-bond acceptors (Lipinski definition) is 4. The number of ether oxygens (including phenoxy) is 1. The average molecular weight is 448 g/mol. The fourth-order valence-electron chi connectivity index (χ4n) is 4.31. The summed E-state index contributed by atoms with van der Waals surface area (Å²) in [6, 6.07) is 13.6. The molecule has 0 unspecified atom stereocenters. The molecule has 2 aromatic rings. The van der Waals surface area contributed by atoms with Gasteiger partial charge in [0.15, 0.2) is 0 Å². The minimum Gasteiger partial charge on any atom is -0.378 e. The highest BCUT2D eigenvalue weighted by Gasteiger charge is 2.33. The molecule has 0 aliphatic carbocycles. The van der Waals surface area contributed by atoms with Gasteiger partial charge in [-0.05, 0) is 48.7 Å². The van der Waals surface area contributed by atoms with Gasteiger partial charge >= 0.3 is 6.18 Å². The van der Waals surface area contributed by atoms with Crippen LogP contribution in [0.15, 0.2) is 48.5 Å². The number of rotatable bonds is 5. The summed E-state index contributed by atoms with van der Waals surface area (Å²) in [6.07, 6.45) is -2.64. The summed E-state index contributed by atoms with van der Waals surface area (Å²) in [5.41, 5.74) is 1.44. The molecule has 2 aromatic carbocycles. The quantitative estimate of drug-likeness (QED) is 0.754. The van der Waals surface area contributed by atoms with Crippen molar-refractivity contribution in [1.82, 2.24) is 10.2 Å². The number of halogens is 3. The molecule has 1 N–H and O–H groups in total. The van der Waals surface area contributed by atoms with Crippen LogP contribution < -0.4 is 10.2 Å². The number of alkyl halides is 3. The zero-order chi connectivity index (χ0) is 22.6. The van der Waals surface area contributed by atoms with Crippen molar-refractivity contribution in [2.45, 2.75) is 31.6 Å². The van der Waals surface area contributed by atoms with Crippen molar-refractivity contribution in [2.75, 3.05) is 44.3 Å². The highest BCUT2D eigenvalue weighted by Crippen LogP contribution is 2.32. The number of benzene rings is 2. The van der Waals surface area contributed by atoms with Crippen LogP contribution in [0.1, 0.15) is 34.3 Å². The van der Waals surface area contributed by atoms with E-state index in [-0.39, 0.29) is 24.1 Å². The van der Waals surface area contributed by atoms with E-state index in [1.165, 1.54) is 12.1 Å². The molecule has 5 nitrogen and oxygen atoms in total. The topological polar surface area (TPSA) is 44.8 Å². The van der Waals surface area contributed by atoms with E-state index >= 15 is 0 Å². The van der Waals surface area contributed by atoms with Crippen LogP contribution in [-0.2, 0) is 17.5 Å². The summed E-state index contributed by atoms with van der Waals surface area (Å²) < 4.78 is 44.8. The van der Waals surface area contributed by atoms with Crippen LogP contribution >= 0.6 is 0 Å². The highest BCUT2D eigenvalue weighted by atomic mass is 19.4. The fourth-order valence-corrected chi connectivity index (χ4v) is 4.31. The minimum atomic E-state index is -4.34. The van der Waals surface area contributed by atoms with Crippen molar-refractivity contribution in [3.05, 3.63) is 65.2 Å². The summed E-state index contributed by atoms with van der Waals surface area (Å²) in [7, 11) is 0. The normalized spacial score (nSPS) is 18.1. The van der Waals surface area contributed by atoms with Crippen molar-refractivity contribution >= 4 is 11.6 Å². The molecule has 2 saturated heterocycles. The number of carbonyl (C=O) groups is 1. The lowest BCUT2D eigenvalue weighted by molar-refractivity contribution is -0.138. The van der Waals surface area contributed by atoms with Gasteiger partial charge in [-0.15, -0.1) is 0 Å². The Balaban J connectivity index is 1.28. The molecule has 172 valence electrons. The first-order chi connectivity index (χ1) is 15.4. The maximum atomic E-state index is 13.2. The first-order valence-corrected chi connectivity index (χ1v) is 11.0. The maximum Gasteiger partial charge on any atom is 0.416 e. The van der Waals surface area contributed by atoms with E-state index in [0.717, 1.165) is 37.7 Å². The lowest BCUT2D eigenvalue weighted by Crippen LogP contribution is -2.42. The summed E-state index contributed by atoms with van der Waals surface area (Å²) in [6.45, 7) is 4.23. The van der Waals surface area contributed by atoms with Gasteiger partial charge < -0.3 is 19.9 Å². The summed E-state index contributed by atoms with van der Waals surface area (Å²) in [5, 5.41) is 3.30. The molecule has 4 rings (SSSR count). The maximum absolute atomic E-state index is 13.2. The number of nitrogens with one attached hydrogen (secondary N) is 1. The monoisotopic (exact) mass is 447 g/mol. The number of nitrogens with zero attached hydrogens (tertiary/aromatic N) is 2. The fraction of sp³-hybridized carbons (Fsp3) is 0.458. The zero-order valence-corrected chi connectivity index (χ0v) is 17.9. The number of anilines is 1. The van der Waals surface area contributed by atoms with Gasteiger partial charge in [-0.2, -0.15) is 13.2 Å². The molecule has 0 radical (unpaired) electrons. The second-order valence-corrected chi connectivity index (χ2v) is 8.25. The van der Waals surface area contributed by atoms with Crippen molar-refractivity contribution in [2.24, 2.45) is 0 Å². The number of piperidine rings is 1. The van der Waals surface area contributed by atoms with Crippen molar-refractivity contribution in [3.63, 3.8) is 0 Å². The summed E-state index contributed by atoms with van der Waals surface area (Å²) in [4.78, 5) is 16.7. The number of morpholine rings is 1. The second kappa shape index (κ2) is 9.92. The third-order valence-corrected chi connectivity index (χ3v) is 6.18. The molecule has 2 aliphatic heterocycles. The van der Waals surface area contributed by atoms with Gasteiger partial charge in [0.05, 0.1) is 18.8 Å². The van der Waals surface area contributed by atoms with E-state index in [0.29, 0.717) is 31.9 Å². The Morgan fingerprint density at radius 1 is 0.969 bits per heavy atom. The molecule has 0 atom stereocenters. The van der Waals surface area contributed by atoms with Crippen LogP contribution in [0.25, 0.3) is 0 Å². The molecule has 0 spiro atoms. The number of amides is 1. The first kappa shape index (κ1) is 22.6. The van der Waals surface area contributed by atoms with Gasteiger partial charge in [-0.3, -0.25) is 4.79 Å². The molecular formula is C24H28F3N3O2. The molecule has 2 aliphatic rings. The van der Waals surface area contributed by atoms with Crippen molar-refractivity contribution in [3.8, 4) is 0 Å². The molecule has 2 heterocycles. The van der Waals surface area contributed by atoms with Crippen molar-refractivity contribution in [1.29, 1.82) is 0 Å². The Kier molecular flexibility index (Phi) is 7.01. The van der Waals surface area contributed by atoms with Gasteiger partial charge in [0.2, 0.25) is 0 Å². The van der Waals surface area contributed by atoms with Crippen LogP contribution in [0.5, 0.6) is 0 Å². The summed E-state index contributed by atoms with van der Waals surface area (Å²) >= 11 is 0. The van der Waals surface area contributed by atoms with Gasteiger partial charge in [0.25, 0.3) is 5.91 Å². The van der Waals surface area contributed by atoms with Gasteiger partial charge in [-0.25, -0.2) is 0 Å². The zero-order valence-electron chi connectivity index (χ0n) is 17.9. The van der Waals surface area contributed by atoms with E-state index < -0.39 is 11.7 Å². The highest BCUT2D eigenvalue weighted by molar-refractivity contribution is 5.94. The van der Waals surface area contributed by atoms with E-state index in [2.05, 4.69) is 10.2 Å². The summed E-state index contributed by atoms with van der Waals surface area (Å²) in [5.74, 6) is 0.0295. The largest absolute Gasteiger partial charge is 0.416 e. The first-order valence-electron chi connectivity index (χ1n) is 11.0. The van der Waals surface area contributed by atoms with Crippen LogP contribution in [0, 0.1) is 0 Å². The number of carbonyl (C=O) groups excluding carboxylic acids is 1. The van der Waals surface area contributed by atoms with Crippen LogP contribution in [0.4, 0.5) is 18.9 Å². The molecule has 0 saturated carbocycles. The Labute approximate surface area is 186 Å². The van der Waals surface area contributed by atoms with Crippen LogP contribution in [0.3, 0.4) is 0 Å². The lowest BCUT2D eigenvalue weighted by atomic mass is 10.0. The minimum absolute atomic E-state index is 0.0295. The molecule has 32 heavy (non-hydrogen) atoms. The average Bonchev–Trinajstić information content (AvgIpc) is 2.83.